The maximum Gasteiger partial charge on any atom is 0.416 e. The van der Waals surface area contributed by atoms with Crippen LogP contribution in [-0.2, 0) is 10.0 Å². The second-order valence-electron chi connectivity index (χ2n) is 8.22. The van der Waals surface area contributed by atoms with Crippen molar-refractivity contribution in [2.45, 2.75) is 24.9 Å². The Kier molecular flexibility index (Phi) is 6.15. The maximum atomic E-state index is 14.0. The molecule has 4 aromatic rings. The number of aryl methyl sites for hydroxylation is 2. The summed E-state index contributed by atoms with van der Waals surface area (Å²) >= 11 is 1.15. The van der Waals surface area contributed by atoms with Gasteiger partial charge in [-0.3, -0.25) is 0 Å². The fourth-order valence-corrected chi connectivity index (χ4v) is 5.91. The summed E-state index contributed by atoms with van der Waals surface area (Å²) in [5, 5.41) is 7.07. The molecule has 0 saturated carbocycles. The highest BCUT2D eigenvalue weighted by atomic mass is 32.2. The summed E-state index contributed by atoms with van der Waals surface area (Å²) in [5.74, 6) is 0.475. The van der Waals surface area contributed by atoms with Crippen molar-refractivity contribution in [3.05, 3.63) is 71.3 Å². The van der Waals surface area contributed by atoms with Crippen LogP contribution in [-0.4, -0.2) is 46.7 Å². The molecule has 0 fully saturated rings. The topological polar surface area (TPSA) is 102 Å². The van der Waals surface area contributed by atoms with Crippen molar-refractivity contribution in [2.24, 2.45) is 4.99 Å². The van der Waals surface area contributed by atoms with E-state index in [-0.39, 0.29) is 32.4 Å². The largest absolute Gasteiger partial charge is 0.416 e. The van der Waals surface area contributed by atoms with Crippen LogP contribution >= 0.6 is 11.8 Å². The van der Waals surface area contributed by atoms with E-state index in [1.165, 1.54) is 12.1 Å². The van der Waals surface area contributed by atoms with Crippen LogP contribution in [0.1, 0.15) is 17.0 Å². The molecule has 1 N–H and O–H groups in total. The molecule has 0 radical (unpaired) electrons. The van der Waals surface area contributed by atoms with E-state index >= 15 is 0 Å². The smallest absolute Gasteiger partial charge is 0.361 e. The first kappa shape index (κ1) is 25.1. The highest BCUT2D eigenvalue weighted by molar-refractivity contribution is 8.13. The van der Waals surface area contributed by atoms with Crippen LogP contribution in [0.3, 0.4) is 0 Å². The molecule has 0 spiro atoms. The number of hydrogen-bond donors (Lipinski definition) is 1. The lowest BCUT2D eigenvalue weighted by Gasteiger charge is -2.21. The summed E-state index contributed by atoms with van der Waals surface area (Å²) in [6, 6.07) is 10.8. The molecule has 192 valence electrons. The predicted molar refractivity (Wildman–Crippen MR) is 136 cm³/mol. The zero-order valence-corrected chi connectivity index (χ0v) is 21.4. The molecule has 0 aliphatic carbocycles. The van der Waals surface area contributed by atoms with Gasteiger partial charge in [-0.05, 0) is 44.4 Å². The van der Waals surface area contributed by atoms with Gasteiger partial charge < -0.3 is 9.84 Å². The van der Waals surface area contributed by atoms with Crippen molar-refractivity contribution in [1.82, 2.24) is 19.4 Å². The molecular weight excluding hydrogens is 527 g/mol. The van der Waals surface area contributed by atoms with Gasteiger partial charge >= 0.3 is 6.18 Å². The number of rotatable bonds is 4. The number of benzene rings is 1. The van der Waals surface area contributed by atoms with Crippen LogP contribution in [0.2, 0.25) is 0 Å². The van der Waals surface area contributed by atoms with E-state index in [0.717, 1.165) is 21.9 Å². The summed E-state index contributed by atoms with van der Waals surface area (Å²) in [6.45, 7) is 2.92. The van der Waals surface area contributed by atoms with Crippen molar-refractivity contribution in [3.63, 3.8) is 0 Å². The Morgan fingerprint density at radius 1 is 1.11 bits per heavy atom. The van der Waals surface area contributed by atoms with Crippen LogP contribution in [0.15, 0.2) is 68.6 Å². The third-order valence-corrected chi connectivity index (χ3v) is 8.20. The number of fused-ring (bicyclic) bond motifs is 1. The lowest BCUT2D eigenvalue weighted by molar-refractivity contribution is -0.0921. The SMILES string of the molecule is CSC1=NC(c2cn(S(=O)(=O)c3ccccc3)c3nc(-c4c(C)noc4C)ccc23)=C(C(F)(F)F)CN1. The molecular formula is C24H20F3N5O3S2. The quantitative estimate of drug-likeness (QED) is 0.377. The van der Waals surface area contributed by atoms with Gasteiger partial charge in [-0.25, -0.2) is 22.4 Å². The Bertz CT molecular complexity index is 1670. The number of amidine groups is 1. The number of pyridine rings is 1. The average Bonchev–Trinajstić information content (AvgIpc) is 3.43. The summed E-state index contributed by atoms with van der Waals surface area (Å²) in [6.07, 6.45) is -1.85. The minimum absolute atomic E-state index is 0.00712. The molecule has 13 heteroatoms. The van der Waals surface area contributed by atoms with E-state index in [4.69, 9.17) is 4.52 Å². The molecule has 0 amide bonds. The van der Waals surface area contributed by atoms with Gasteiger partial charge in [0, 0.05) is 23.7 Å². The number of hydrogen-bond acceptors (Lipinski definition) is 8. The minimum atomic E-state index is -4.69. The summed E-state index contributed by atoms with van der Waals surface area (Å²) in [4.78, 5) is 8.75. The zero-order chi connectivity index (χ0) is 26.5. The second-order valence-corrected chi connectivity index (χ2v) is 10.8. The summed E-state index contributed by atoms with van der Waals surface area (Å²) in [7, 11) is -4.22. The molecule has 1 aliphatic rings. The fraction of sp³-hybridized carbons (Fsp3) is 0.208. The number of nitrogens with one attached hydrogen (secondary N) is 1. The number of aromatic nitrogens is 3. The normalized spacial score (nSPS) is 14.7. The van der Waals surface area contributed by atoms with Gasteiger partial charge in [0.25, 0.3) is 10.0 Å². The van der Waals surface area contributed by atoms with Gasteiger partial charge in [0.1, 0.15) is 5.76 Å². The van der Waals surface area contributed by atoms with Crippen molar-refractivity contribution in [3.8, 4) is 11.3 Å². The van der Waals surface area contributed by atoms with E-state index in [9.17, 15) is 21.6 Å². The molecule has 0 atom stereocenters. The van der Waals surface area contributed by atoms with E-state index in [1.807, 2.05) is 0 Å². The Hall–Kier alpha value is -3.58. The number of alkyl halides is 3. The lowest BCUT2D eigenvalue weighted by Crippen LogP contribution is -2.32. The first-order valence-electron chi connectivity index (χ1n) is 11.0. The van der Waals surface area contributed by atoms with Crippen LogP contribution in [0.4, 0.5) is 13.2 Å². The molecule has 37 heavy (non-hydrogen) atoms. The molecule has 1 aliphatic heterocycles. The van der Waals surface area contributed by atoms with Crippen molar-refractivity contribution >= 4 is 43.7 Å². The highest BCUT2D eigenvalue weighted by Crippen LogP contribution is 2.39. The average molecular weight is 548 g/mol. The molecule has 5 rings (SSSR count). The van der Waals surface area contributed by atoms with Crippen LogP contribution < -0.4 is 5.32 Å². The third kappa shape index (κ3) is 4.31. The van der Waals surface area contributed by atoms with Crippen molar-refractivity contribution < 1.29 is 26.1 Å². The Morgan fingerprint density at radius 3 is 2.46 bits per heavy atom. The van der Waals surface area contributed by atoms with E-state index in [0.29, 0.717) is 22.7 Å². The van der Waals surface area contributed by atoms with Gasteiger partial charge in [0.2, 0.25) is 0 Å². The maximum absolute atomic E-state index is 14.0. The number of nitrogens with zero attached hydrogens (tertiary/aromatic N) is 4. The van der Waals surface area contributed by atoms with Gasteiger partial charge in [0.15, 0.2) is 10.8 Å². The van der Waals surface area contributed by atoms with Gasteiger partial charge in [-0.1, -0.05) is 35.1 Å². The van der Waals surface area contributed by atoms with E-state index < -0.39 is 28.3 Å². The van der Waals surface area contributed by atoms with Crippen LogP contribution in [0.25, 0.3) is 28.0 Å². The molecule has 3 aromatic heterocycles. The lowest BCUT2D eigenvalue weighted by atomic mass is 10.0. The fourth-order valence-electron chi connectivity index (χ4n) is 4.17. The van der Waals surface area contributed by atoms with Crippen LogP contribution in [0.5, 0.6) is 0 Å². The molecule has 8 nitrogen and oxygen atoms in total. The second kappa shape index (κ2) is 9.06. The standard InChI is InChI=1S/C24H20F3N5O3S2/c1-13-20(14(2)35-31-13)19-10-9-16-17(21-18(24(25,26)27)11-28-23(30-21)36-3)12-32(22(16)29-19)37(33,34)15-7-5-4-6-8-15/h4-10,12H,11H2,1-3H3,(H,28,30). The number of halogens is 3. The first-order chi connectivity index (χ1) is 17.5. The van der Waals surface area contributed by atoms with Crippen LogP contribution in [0, 0.1) is 13.8 Å². The molecule has 4 heterocycles. The summed E-state index contributed by atoms with van der Waals surface area (Å²) < 4.78 is 75.6. The first-order valence-corrected chi connectivity index (χ1v) is 13.6. The van der Waals surface area contributed by atoms with E-state index in [1.54, 1.807) is 50.4 Å². The van der Waals surface area contributed by atoms with Crippen molar-refractivity contribution in [2.75, 3.05) is 12.8 Å². The van der Waals surface area contributed by atoms with Gasteiger partial charge in [-0.2, -0.15) is 13.2 Å². The summed E-state index contributed by atoms with van der Waals surface area (Å²) in [5.41, 5.74) is 0.209. The molecule has 1 aromatic carbocycles. The minimum Gasteiger partial charge on any atom is -0.361 e. The Labute approximate surface area is 214 Å². The van der Waals surface area contributed by atoms with E-state index in [2.05, 4.69) is 20.4 Å². The number of aliphatic imine (C=N–C) groups is 1. The predicted octanol–water partition coefficient (Wildman–Crippen LogP) is 5.14. The Balaban J connectivity index is 1.85. The zero-order valence-electron chi connectivity index (χ0n) is 19.8. The highest BCUT2D eigenvalue weighted by Gasteiger charge is 2.39. The monoisotopic (exact) mass is 547 g/mol. The Morgan fingerprint density at radius 2 is 1.84 bits per heavy atom. The number of thioether (sulfide) groups is 1. The molecule has 0 saturated heterocycles. The third-order valence-electron chi connectivity index (χ3n) is 5.92. The molecule has 0 unspecified atom stereocenters. The van der Waals surface area contributed by atoms with Gasteiger partial charge in [0.05, 0.1) is 33.1 Å². The van der Waals surface area contributed by atoms with Crippen molar-refractivity contribution in [1.29, 1.82) is 0 Å². The molecule has 0 bridgehead atoms. The van der Waals surface area contributed by atoms with Gasteiger partial charge in [-0.15, -0.1) is 0 Å².